The van der Waals surface area contributed by atoms with Crippen molar-refractivity contribution in [2.24, 2.45) is 5.41 Å². The van der Waals surface area contributed by atoms with E-state index in [0.29, 0.717) is 5.92 Å². The Morgan fingerprint density at radius 2 is 1.79 bits per heavy atom. The van der Waals surface area contributed by atoms with Crippen molar-refractivity contribution in [2.75, 3.05) is 5.33 Å². The average Bonchev–Trinajstić information content (AvgIpc) is 2.18. The molecule has 0 aromatic heterocycles. The molecule has 1 atom stereocenters. The van der Waals surface area contributed by atoms with Gasteiger partial charge in [0.2, 0.25) is 0 Å². The molecule has 1 aromatic rings. The first-order chi connectivity index (χ1) is 6.47. The summed E-state index contributed by atoms with van der Waals surface area (Å²) in [7, 11) is 0. The van der Waals surface area contributed by atoms with Gasteiger partial charge in [-0.1, -0.05) is 48.8 Å². The minimum absolute atomic E-state index is 0.169. The van der Waals surface area contributed by atoms with Crippen LogP contribution < -0.4 is 0 Å². The number of benzene rings is 1. The Hall–Kier alpha value is -0.370. The molecule has 0 nitrogen and oxygen atoms in total. The Morgan fingerprint density at radius 3 is 2.21 bits per heavy atom. The van der Waals surface area contributed by atoms with Crippen molar-refractivity contribution in [3.63, 3.8) is 0 Å². The molecule has 1 aromatic carbocycles. The molecule has 2 heteroatoms. The van der Waals surface area contributed by atoms with Gasteiger partial charge in [-0.05, 0) is 29.0 Å². The summed E-state index contributed by atoms with van der Waals surface area (Å²) >= 11 is 3.51. The molecule has 0 bridgehead atoms. The van der Waals surface area contributed by atoms with Crippen LogP contribution in [0, 0.1) is 11.2 Å². The maximum Gasteiger partial charge on any atom is 0.123 e. The van der Waals surface area contributed by atoms with Crippen LogP contribution in [0.3, 0.4) is 0 Å². The van der Waals surface area contributed by atoms with Crippen LogP contribution in [0.2, 0.25) is 0 Å². The lowest BCUT2D eigenvalue weighted by Crippen LogP contribution is -2.21. The zero-order chi connectivity index (χ0) is 10.8. The predicted octanol–water partition coefficient (Wildman–Crippen LogP) is 4.35. The summed E-state index contributed by atoms with van der Waals surface area (Å²) in [6.45, 7) is 6.58. The predicted molar refractivity (Wildman–Crippen MR) is 62.4 cm³/mol. The standard InChI is InChI=1S/C12H16BrF/c1-9(12(2,3)8-13)10-4-6-11(14)7-5-10/h4-7,9H,8H2,1-3H3. The summed E-state index contributed by atoms with van der Waals surface area (Å²) in [6.07, 6.45) is 0. The van der Waals surface area contributed by atoms with Gasteiger partial charge >= 0.3 is 0 Å². The van der Waals surface area contributed by atoms with Gasteiger partial charge < -0.3 is 0 Å². The minimum atomic E-state index is -0.169. The fraction of sp³-hybridized carbons (Fsp3) is 0.500. The molecule has 0 amide bonds. The molecule has 1 rings (SSSR count). The highest BCUT2D eigenvalue weighted by Gasteiger charge is 2.25. The van der Waals surface area contributed by atoms with E-state index >= 15 is 0 Å². The molecule has 1 unspecified atom stereocenters. The molecule has 0 heterocycles. The Bertz CT molecular complexity index is 290. The summed E-state index contributed by atoms with van der Waals surface area (Å²) in [5, 5.41) is 0.943. The van der Waals surface area contributed by atoms with Gasteiger partial charge in [-0.3, -0.25) is 0 Å². The van der Waals surface area contributed by atoms with Crippen molar-refractivity contribution >= 4 is 15.9 Å². The van der Waals surface area contributed by atoms with Gasteiger partial charge in [0.1, 0.15) is 5.82 Å². The molecule has 0 N–H and O–H groups in total. The molecule has 0 radical (unpaired) electrons. The van der Waals surface area contributed by atoms with Crippen LogP contribution in [0.5, 0.6) is 0 Å². The van der Waals surface area contributed by atoms with E-state index in [1.165, 1.54) is 17.7 Å². The highest BCUT2D eigenvalue weighted by atomic mass is 79.9. The van der Waals surface area contributed by atoms with Crippen molar-refractivity contribution in [1.29, 1.82) is 0 Å². The van der Waals surface area contributed by atoms with Gasteiger partial charge in [0.25, 0.3) is 0 Å². The lowest BCUT2D eigenvalue weighted by molar-refractivity contribution is 0.351. The molecule has 78 valence electrons. The first kappa shape index (κ1) is 11.7. The Labute approximate surface area is 93.7 Å². The molecule has 14 heavy (non-hydrogen) atoms. The van der Waals surface area contributed by atoms with E-state index in [1.54, 1.807) is 0 Å². The molecule has 0 fully saturated rings. The minimum Gasteiger partial charge on any atom is -0.207 e. The zero-order valence-corrected chi connectivity index (χ0v) is 10.4. The second kappa shape index (κ2) is 4.43. The highest BCUT2D eigenvalue weighted by molar-refractivity contribution is 9.09. The van der Waals surface area contributed by atoms with Gasteiger partial charge in [-0.25, -0.2) is 4.39 Å². The molecular weight excluding hydrogens is 243 g/mol. The van der Waals surface area contributed by atoms with Crippen LogP contribution in [-0.4, -0.2) is 5.33 Å². The Kier molecular flexibility index (Phi) is 3.71. The SMILES string of the molecule is CC(c1ccc(F)cc1)C(C)(C)CBr. The summed E-state index contributed by atoms with van der Waals surface area (Å²) in [5.74, 6) is 0.250. The van der Waals surface area contributed by atoms with Crippen LogP contribution >= 0.6 is 15.9 Å². The van der Waals surface area contributed by atoms with E-state index in [0.717, 1.165) is 5.33 Å². The quantitative estimate of drug-likeness (QED) is 0.708. The van der Waals surface area contributed by atoms with Crippen LogP contribution in [0.4, 0.5) is 4.39 Å². The summed E-state index contributed by atoms with van der Waals surface area (Å²) < 4.78 is 12.7. The van der Waals surface area contributed by atoms with Crippen molar-refractivity contribution in [3.8, 4) is 0 Å². The lowest BCUT2D eigenvalue weighted by Gasteiger charge is -2.30. The number of alkyl halides is 1. The zero-order valence-electron chi connectivity index (χ0n) is 8.85. The van der Waals surface area contributed by atoms with Crippen LogP contribution in [0.1, 0.15) is 32.3 Å². The number of hydrogen-bond acceptors (Lipinski definition) is 0. The smallest absolute Gasteiger partial charge is 0.123 e. The van der Waals surface area contributed by atoms with Gasteiger partial charge in [-0.15, -0.1) is 0 Å². The van der Waals surface area contributed by atoms with Crippen molar-refractivity contribution in [1.82, 2.24) is 0 Å². The number of rotatable bonds is 3. The number of halogens is 2. The van der Waals surface area contributed by atoms with Crippen LogP contribution in [-0.2, 0) is 0 Å². The van der Waals surface area contributed by atoms with Gasteiger partial charge in [0, 0.05) is 5.33 Å². The van der Waals surface area contributed by atoms with E-state index < -0.39 is 0 Å². The maximum absolute atomic E-state index is 12.7. The van der Waals surface area contributed by atoms with Gasteiger partial charge in [-0.2, -0.15) is 0 Å². The molecule has 0 saturated heterocycles. The third-order valence-corrected chi connectivity index (χ3v) is 4.33. The molecule has 0 saturated carbocycles. The van der Waals surface area contributed by atoms with Crippen molar-refractivity contribution in [3.05, 3.63) is 35.6 Å². The summed E-state index contributed by atoms with van der Waals surface area (Å²) in [6, 6.07) is 6.78. The lowest BCUT2D eigenvalue weighted by atomic mass is 9.78. The summed E-state index contributed by atoms with van der Waals surface area (Å²) in [5.41, 5.74) is 1.38. The Morgan fingerprint density at radius 1 is 1.29 bits per heavy atom. The molecule has 0 aliphatic heterocycles. The largest absolute Gasteiger partial charge is 0.207 e. The van der Waals surface area contributed by atoms with Gasteiger partial charge in [0.05, 0.1) is 0 Å². The molecule has 0 aliphatic rings. The monoisotopic (exact) mass is 258 g/mol. The molecular formula is C12H16BrF. The third-order valence-electron chi connectivity index (χ3n) is 2.89. The van der Waals surface area contributed by atoms with Crippen LogP contribution in [0.15, 0.2) is 24.3 Å². The highest BCUT2D eigenvalue weighted by Crippen LogP contribution is 2.36. The fourth-order valence-corrected chi connectivity index (χ4v) is 1.80. The Balaban J connectivity index is 2.89. The average molecular weight is 259 g/mol. The second-order valence-electron chi connectivity index (χ2n) is 4.40. The van der Waals surface area contributed by atoms with Crippen LogP contribution in [0.25, 0.3) is 0 Å². The van der Waals surface area contributed by atoms with Crippen molar-refractivity contribution < 1.29 is 4.39 Å². The third kappa shape index (κ3) is 2.57. The van der Waals surface area contributed by atoms with Gasteiger partial charge in [0.15, 0.2) is 0 Å². The van der Waals surface area contributed by atoms with E-state index in [-0.39, 0.29) is 11.2 Å². The summed E-state index contributed by atoms with van der Waals surface area (Å²) in [4.78, 5) is 0. The van der Waals surface area contributed by atoms with E-state index in [1.807, 2.05) is 12.1 Å². The molecule has 0 spiro atoms. The van der Waals surface area contributed by atoms with E-state index in [4.69, 9.17) is 0 Å². The normalized spacial score (nSPS) is 14.1. The van der Waals surface area contributed by atoms with E-state index in [9.17, 15) is 4.39 Å². The fourth-order valence-electron chi connectivity index (χ4n) is 1.32. The first-order valence-electron chi connectivity index (χ1n) is 4.79. The maximum atomic E-state index is 12.7. The topological polar surface area (TPSA) is 0 Å². The number of hydrogen-bond donors (Lipinski definition) is 0. The first-order valence-corrected chi connectivity index (χ1v) is 5.91. The second-order valence-corrected chi connectivity index (χ2v) is 4.96. The van der Waals surface area contributed by atoms with Crippen molar-refractivity contribution in [2.45, 2.75) is 26.7 Å². The molecule has 0 aliphatic carbocycles. The van der Waals surface area contributed by atoms with E-state index in [2.05, 4.69) is 36.7 Å².